The summed E-state index contributed by atoms with van der Waals surface area (Å²) in [6, 6.07) is 7.96. The highest BCUT2D eigenvalue weighted by atomic mass is 32.2. The van der Waals surface area contributed by atoms with E-state index in [1.165, 1.54) is 0 Å². The van der Waals surface area contributed by atoms with Gasteiger partial charge in [0, 0.05) is 28.3 Å². The summed E-state index contributed by atoms with van der Waals surface area (Å²) in [5.41, 5.74) is 7.87. The Balaban J connectivity index is 2.76. The van der Waals surface area contributed by atoms with Crippen molar-refractivity contribution in [3.63, 3.8) is 0 Å². The van der Waals surface area contributed by atoms with Crippen molar-refractivity contribution < 1.29 is 4.21 Å². The zero-order chi connectivity index (χ0) is 11.3. The molecule has 15 heavy (non-hydrogen) atoms. The van der Waals surface area contributed by atoms with E-state index < -0.39 is 10.8 Å². The maximum Gasteiger partial charge on any atom is 0.0491 e. The Kier molecular flexibility index (Phi) is 4.99. The van der Waals surface area contributed by atoms with Crippen molar-refractivity contribution >= 4 is 10.8 Å². The van der Waals surface area contributed by atoms with Crippen LogP contribution in [0, 0.1) is 0 Å². The van der Waals surface area contributed by atoms with Crippen LogP contribution in [0.1, 0.15) is 31.4 Å². The molecular formula is C12H19NOS. The highest BCUT2D eigenvalue weighted by Gasteiger charge is 2.10. The lowest BCUT2D eigenvalue weighted by molar-refractivity contribution is 0.669. The third-order valence-electron chi connectivity index (χ3n) is 2.66. The van der Waals surface area contributed by atoms with Crippen LogP contribution in [-0.4, -0.2) is 9.46 Å². The molecule has 0 saturated carbocycles. The predicted molar refractivity (Wildman–Crippen MR) is 65.9 cm³/mol. The third kappa shape index (κ3) is 3.43. The van der Waals surface area contributed by atoms with E-state index in [-0.39, 0.29) is 5.25 Å². The second-order valence-corrected chi connectivity index (χ2v) is 5.57. The second-order valence-electron chi connectivity index (χ2n) is 3.72. The maximum atomic E-state index is 11.9. The van der Waals surface area contributed by atoms with E-state index in [9.17, 15) is 4.21 Å². The Bertz CT molecular complexity index is 338. The van der Waals surface area contributed by atoms with Crippen molar-refractivity contribution in [3.8, 4) is 0 Å². The number of benzene rings is 1. The summed E-state index contributed by atoms with van der Waals surface area (Å²) in [5.74, 6) is 0.627. The van der Waals surface area contributed by atoms with Crippen molar-refractivity contribution in [1.82, 2.24) is 0 Å². The van der Waals surface area contributed by atoms with Crippen LogP contribution < -0.4 is 5.73 Å². The lowest BCUT2D eigenvalue weighted by atomic mass is 10.1. The number of rotatable bonds is 5. The molecule has 0 aromatic heterocycles. The van der Waals surface area contributed by atoms with Gasteiger partial charge < -0.3 is 5.73 Å². The Hall–Kier alpha value is -0.670. The van der Waals surface area contributed by atoms with Crippen LogP contribution in [0.2, 0.25) is 0 Å². The first-order valence-electron chi connectivity index (χ1n) is 5.33. The largest absolute Gasteiger partial charge is 0.326 e. The van der Waals surface area contributed by atoms with Crippen molar-refractivity contribution in [2.24, 2.45) is 5.73 Å². The summed E-state index contributed by atoms with van der Waals surface area (Å²) in [4.78, 5) is 0. The number of nitrogens with two attached hydrogens (primary N) is 1. The van der Waals surface area contributed by atoms with Gasteiger partial charge in [-0.05, 0) is 17.5 Å². The van der Waals surface area contributed by atoms with E-state index in [1.807, 2.05) is 31.2 Å². The molecule has 0 spiro atoms. The van der Waals surface area contributed by atoms with E-state index in [1.54, 1.807) is 0 Å². The highest BCUT2D eigenvalue weighted by molar-refractivity contribution is 7.84. The fourth-order valence-corrected chi connectivity index (χ4v) is 2.62. The van der Waals surface area contributed by atoms with Crippen molar-refractivity contribution in [3.05, 3.63) is 35.4 Å². The maximum absolute atomic E-state index is 11.9. The molecule has 0 aliphatic rings. The fraction of sp³-hybridized carbons (Fsp3) is 0.500. The molecule has 84 valence electrons. The Morgan fingerprint density at radius 2 is 1.93 bits per heavy atom. The predicted octanol–water partition coefficient (Wildman–Crippen LogP) is 2.19. The molecule has 0 aliphatic carbocycles. The first-order valence-corrected chi connectivity index (χ1v) is 6.71. The molecule has 0 saturated heterocycles. The van der Waals surface area contributed by atoms with Gasteiger partial charge in [0.2, 0.25) is 0 Å². The molecule has 0 heterocycles. The average molecular weight is 225 g/mol. The van der Waals surface area contributed by atoms with Crippen LogP contribution in [0.4, 0.5) is 0 Å². The minimum atomic E-state index is -0.783. The zero-order valence-electron chi connectivity index (χ0n) is 9.40. The Labute approximate surface area is 94.3 Å². The van der Waals surface area contributed by atoms with Crippen LogP contribution >= 0.6 is 0 Å². The van der Waals surface area contributed by atoms with Crippen molar-refractivity contribution in [2.75, 3.05) is 0 Å². The molecule has 2 atom stereocenters. The monoisotopic (exact) mass is 225 g/mol. The summed E-state index contributed by atoms with van der Waals surface area (Å²) in [6.45, 7) is 4.62. The van der Waals surface area contributed by atoms with Gasteiger partial charge in [0.1, 0.15) is 0 Å². The molecule has 2 unspecified atom stereocenters. The third-order valence-corrected chi connectivity index (χ3v) is 4.49. The first-order chi connectivity index (χ1) is 7.19. The molecule has 1 aromatic rings. The molecule has 1 rings (SSSR count). The lowest BCUT2D eigenvalue weighted by Gasteiger charge is -2.11. The number of hydrogen-bond donors (Lipinski definition) is 1. The summed E-state index contributed by atoms with van der Waals surface area (Å²) in [6.07, 6.45) is 0.956. The zero-order valence-corrected chi connectivity index (χ0v) is 10.2. The van der Waals surface area contributed by atoms with Gasteiger partial charge >= 0.3 is 0 Å². The molecule has 2 nitrogen and oxygen atoms in total. The topological polar surface area (TPSA) is 43.1 Å². The molecule has 2 N–H and O–H groups in total. The van der Waals surface area contributed by atoms with Gasteiger partial charge in [0.15, 0.2) is 0 Å². The number of hydrogen-bond acceptors (Lipinski definition) is 2. The Morgan fingerprint density at radius 1 is 1.33 bits per heavy atom. The molecule has 3 heteroatoms. The summed E-state index contributed by atoms with van der Waals surface area (Å²) >= 11 is 0. The van der Waals surface area contributed by atoms with E-state index in [4.69, 9.17) is 5.73 Å². The Morgan fingerprint density at radius 3 is 2.47 bits per heavy atom. The van der Waals surface area contributed by atoms with Gasteiger partial charge in [0.05, 0.1) is 0 Å². The average Bonchev–Trinajstić information content (AvgIpc) is 2.28. The van der Waals surface area contributed by atoms with E-state index in [0.29, 0.717) is 12.3 Å². The van der Waals surface area contributed by atoms with Crippen LogP contribution in [0.5, 0.6) is 0 Å². The van der Waals surface area contributed by atoms with Crippen LogP contribution in [0.25, 0.3) is 0 Å². The van der Waals surface area contributed by atoms with Crippen LogP contribution in [0.3, 0.4) is 0 Å². The smallest absolute Gasteiger partial charge is 0.0491 e. The molecule has 0 aliphatic heterocycles. The summed E-state index contributed by atoms with van der Waals surface area (Å²) in [5, 5.41) is 0.260. The summed E-state index contributed by atoms with van der Waals surface area (Å²) in [7, 11) is -0.783. The normalized spacial score (nSPS) is 14.9. The standard InChI is InChI=1S/C12H19NOS/c1-3-10(2)15(14)9-12-7-5-4-6-11(12)8-13/h4-7,10H,3,8-9,13H2,1-2H3. The lowest BCUT2D eigenvalue weighted by Crippen LogP contribution is -2.13. The van der Waals surface area contributed by atoms with Crippen molar-refractivity contribution in [1.29, 1.82) is 0 Å². The van der Waals surface area contributed by atoms with Gasteiger partial charge in [-0.25, -0.2) is 0 Å². The molecule has 0 radical (unpaired) electrons. The fourth-order valence-electron chi connectivity index (χ4n) is 1.38. The van der Waals surface area contributed by atoms with Crippen LogP contribution in [0.15, 0.2) is 24.3 Å². The highest BCUT2D eigenvalue weighted by Crippen LogP contribution is 2.13. The van der Waals surface area contributed by atoms with Gasteiger partial charge in [0.25, 0.3) is 0 Å². The van der Waals surface area contributed by atoms with Gasteiger partial charge in [-0.1, -0.05) is 38.1 Å². The van der Waals surface area contributed by atoms with Gasteiger partial charge in [-0.3, -0.25) is 4.21 Å². The second kappa shape index (κ2) is 6.03. The molecule has 0 amide bonds. The van der Waals surface area contributed by atoms with Gasteiger partial charge in [-0.2, -0.15) is 0 Å². The van der Waals surface area contributed by atoms with Crippen molar-refractivity contribution in [2.45, 2.75) is 37.8 Å². The SMILES string of the molecule is CCC(C)S(=O)Cc1ccccc1CN. The van der Waals surface area contributed by atoms with E-state index >= 15 is 0 Å². The first kappa shape index (κ1) is 12.4. The molecule has 1 aromatic carbocycles. The minimum absolute atomic E-state index is 0.260. The van der Waals surface area contributed by atoms with E-state index in [0.717, 1.165) is 17.5 Å². The molecule has 0 bridgehead atoms. The van der Waals surface area contributed by atoms with E-state index in [2.05, 4.69) is 6.92 Å². The van der Waals surface area contributed by atoms with Crippen LogP contribution in [-0.2, 0) is 23.1 Å². The molecule has 0 fully saturated rings. The minimum Gasteiger partial charge on any atom is -0.326 e. The summed E-state index contributed by atoms with van der Waals surface area (Å²) < 4.78 is 11.9. The molecular weight excluding hydrogens is 206 g/mol. The van der Waals surface area contributed by atoms with Gasteiger partial charge in [-0.15, -0.1) is 0 Å². The quantitative estimate of drug-likeness (QED) is 0.834.